The van der Waals surface area contributed by atoms with E-state index in [4.69, 9.17) is 16.6 Å². The number of hydrogen-bond acceptors (Lipinski definition) is 4. The normalized spacial score (nSPS) is 14.3. The minimum absolute atomic E-state index is 0.0632. The van der Waals surface area contributed by atoms with Crippen molar-refractivity contribution >= 4 is 34.0 Å². The number of aromatic nitrogens is 1. The molecule has 0 unspecified atom stereocenters. The first-order valence-corrected chi connectivity index (χ1v) is 10.1. The Morgan fingerprint density at radius 1 is 1.16 bits per heavy atom. The molecule has 2 aromatic rings. The third-order valence-corrected chi connectivity index (χ3v) is 5.23. The molecule has 0 N–H and O–H groups in total. The summed E-state index contributed by atoms with van der Waals surface area (Å²) in [6, 6.07) is 7.76. The van der Waals surface area contributed by atoms with E-state index in [1.54, 1.807) is 11.3 Å². The third kappa shape index (κ3) is 4.73. The monoisotopic (exact) mass is 379 g/mol. The number of carbonyl (C=O) groups excluding carboxylic acids is 1. The maximum absolute atomic E-state index is 12.0. The zero-order valence-corrected chi connectivity index (χ0v) is 16.9. The molecule has 25 heavy (non-hydrogen) atoms. The van der Waals surface area contributed by atoms with E-state index in [2.05, 4.69) is 4.90 Å². The molecule has 4 nitrogen and oxygen atoms in total. The average molecular weight is 380 g/mol. The van der Waals surface area contributed by atoms with Gasteiger partial charge in [0.2, 0.25) is 5.91 Å². The summed E-state index contributed by atoms with van der Waals surface area (Å²) >= 11 is 7.87. The molecule has 0 bridgehead atoms. The maximum atomic E-state index is 12.0. The Morgan fingerprint density at radius 2 is 1.80 bits per heavy atom. The standard InChI is InChI=1S/C17H20ClN3OS.C2H6/c1-12(2)16(22)20-7-9-21(10-8-20)17-19-15(11-23-17)13-5-3-4-6-14(13)18;1-2/h3-6,11-12H,7-10H2,1-2H3;1-2H3. The first kappa shape index (κ1) is 19.7. The fourth-order valence-electron chi connectivity index (χ4n) is 2.69. The van der Waals surface area contributed by atoms with Gasteiger partial charge in [-0.3, -0.25) is 4.79 Å². The summed E-state index contributed by atoms with van der Waals surface area (Å²) in [5.41, 5.74) is 1.88. The second kappa shape index (κ2) is 9.20. The van der Waals surface area contributed by atoms with E-state index >= 15 is 0 Å². The van der Waals surface area contributed by atoms with Crippen LogP contribution in [0.4, 0.5) is 5.13 Å². The van der Waals surface area contributed by atoms with Crippen LogP contribution in [0.5, 0.6) is 0 Å². The van der Waals surface area contributed by atoms with E-state index in [1.165, 1.54) is 0 Å². The predicted molar refractivity (Wildman–Crippen MR) is 108 cm³/mol. The SMILES string of the molecule is CC.CC(C)C(=O)N1CCN(c2nc(-c3ccccc3Cl)cs2)CC1. The van der Waals surface area contributed by atoms with E-state index in [9.17, 15) is 4.79 Å². The second-order valence-corrected chi connectivity index (χ2v) is 7.21. The summed E-state index contributed by atoms with van der Waals surface area (Å²) in [6.07, 6.45) is 0. The molecule has 2 heterocycles. The lowest BCUT2D eigenvalue weighted by atomic mass is 10.1. The van der Waals surface area contributed by atoms with Crippen molar-refractivity contribution in [1.29, 1.82) is 0 Å². The van der Waals surface area contributed by atoms with Gasteiger partial charge in [-0.05, 0) is 6.07 Å². The van der Waals surface area contributed by atoms with Gasteiger partial charge < -0.3 is 9.80 Å². The van der Waals surface area contributed by atoms with Gasteiger partial charge in [0.25, 0.3) is 0 Å². The van der Waals surface area contributed by atoms with Gasteiger partial charge in [-0.25, -0.2) is 4.98 Å². The van der Waals surface area contributed by atoms with Crippen LogP contribution in [0.15, 0.2) is 29.6 Å². The number of nitrogens with zero attached hydrogens (tertiary/aromatic N) is 3. The maximum Gasteiger partial charge on any atom is 0.225 e. The van der Waals surface area contributed by atoms with Crippen molar-refractivity contribution in [3.8, 4) is 11.3 Å². The Bertz CT molecular complexity index is 693. The van der Waals surface area contributed by atoms with Crippen molar-refractivity contribution in [2.75, 3.05) is 31.1 Å². The zero-order valence-electron chi connectivity index (χ0n) is 15.3. The van der Waals surface area contributed by atoms with Gasteiger partial charge in [-0.2, -0.15) is 0 Å². The van der Waals surface area contributed by atoms with E-state index in [1.807, 2.05) is 62.2 Å². The Morgan fingerprint density at radius 3 is 2.40 bits per heavy atom. The number of piperazine rings is 1. The van der Waals surface area contributed by atoms with E-state index < -0.39 is 0 Å². The number of thiazole rings is 1. The number of anilines is 1. The van der Waals surface area contributed by atoms with Gasteiger partial charge in [0, 0.05) is 48.1 Å². The van der Waals surface area contributed by atoms with Crippen LogP contribution in [-0.4, -0.2) is 42.0 Å². The van der Waals surface area contributed by atoms with Gasteiger partial charge in [-0.15, -0.1) is 11.3 Å². The van der Waals surface area contributed by atoms with Gasteiger partial charge in [-0.1, -0.05) is 57.5 Å². The molecule has 1 fully saturated rings. The van der Waals surface area contributed by atoms with Crippen molar-refractivity contribution in [2.45, 2.75) is 27.7 Å². The number of hydrogen-bond donors (Lipinski definition) is 0. The molecule has 6 heteroatoms. The molecule has 1 aliphatic rings. The lowest BCUT2D eigenvalue weighted by molar-refractivity contribution is -0.134. The fourth-order valence-corrected chi connectivity index (χ4v) is 3.80. The first-order chi connectivity index (χ1) is 12.1. The second-order valence-electron chi connectivity index (χ2n) is 5.96. The van der Waals surface area contributed by atoms with Crippen LogP contribution in [0, 0.1) is 5.92 Å². The fraction of sp³-hybridized carbons (Fsp3) is 0.474. The number of rotatable bonds is 3. The summed E-state index contributed by atoms with van der Waals surface area (Å²) in [5.74, 6) is 0.300. The Hall–Kier alpha value is -1.59. The molecule has 136 valence electrons. The Kier molecular flexibility index (Phi) is 7.26. The smallest absolute Gasteiger partial charge is 0.225 e. The number of carbonyl (C=O) groups is 1. The highest BCUT2D eigenvalue weighted by Crippen LogP contribution is 2.32. The summed E-state index contributed by atoms with van der Waals surface area (Å²) in [7, 11) is 0. The van der Waals surface area contributed by atoms with Crippen LogP contribution in [0.1, 0.15) is 27.7 Å². The van der Waals surface area contributed by atoms with Crippen molar-refractivity contribution in [2.24, 2.45) is 5.92 Å². The van der Waals surface area contributed by atoms with Gasteiger partial charge in [0.1, 0.15) is 0 Å². The van der Waals surface area contributed by atoms with Crippen molar-refractivity contribution in [3.63, 3.8) is 0 Å². The number of halogens is 1. The van der Waals surface area contributed by atoms with E-state index in [-0.39, 0.29) is 11.8 Å². The molecule has 1 aromatic carbocycles. The van der Waals surface area contributed by atoms with E-state index in [0.717, 1.165) is 47.6 Å². The highest BCUT2D eigenvalue weighted by Gasteiger charge is 2.24. The van der Waals surface area contributed by atoms with Gasteiger partial charge in [0.05, 0.1) is 5.69 Å². The molecular formula is C19H26ClN3OS. The van der Waals surface area contributed by atoms with Gasteiger partial charge >= 0.3 is 0 Å². The predicted octanol–water partition coefficient (Wildman–Crippen LogP) is 4.79. The molecule has 0 spiro atoms. The minimum atomic E-state index is 0.0632. The zero-order chi connectivity index (χ0) is 18.4. The van der Waals surface area contributed by atoms with Crippen LogP contribution in [-0.2, 0) is 4.79 Å². The molecular weight excluding hydrogens is 354 g/mol. The quantitative estimate of drug-likeness (QED) is 0.768. The van der Waals surface area contributed by atoms with Crippen LogP contribution < -0.4 is 4.90 Å². The highest BCUT2D eigenvalue weighted by atomic mass is 35.5. The van der Waals surface area contributed by atoms with Crippen molar-refractivity contribution in [3.05, 3.63) is 34.7 Å². The van der Waals surface area contributed by atoms with Crippen LogP contribution >= 0.6 is 22.9 Å². The average Bonchev–Trinajstić information content (AvgIpc) is 3.13. The van der Waals surface area contributed by atoms with Crippen LogP contribution in [0.2, 0.25) is 5.02 Å². The number of benzene rings is 1. The topological polar surface area (TPSA) is 36.4 Å². The molecule has 1 amide bonds. The molecule has 1 aliphatic heterocycles. The minimum Gasteiger partial charge on any atom is -0.345 e. The van der Waals surface area contributed by atoms with Crippen molar-refractivity contribution in [1.82, 2.24) is 9.88 Å². The molecule has 0 radical (unpaired) electrons. The molecule has 0 aliphatic carbocycles. The first-order valence-electron chi connectivity index (χ1n) is 8.80. The molecule has 3 rings (SSSR count). The molecule has 1 aromatic heterocycles. The molecule has 0 atom stereocenters. The van der Waals surface area contributed by atoms with Crippen molar-refractivity contribution < 1.29 is 4.79 Å². The molecule has 1 saturated heterocycles. The molecule has 0 saturated carbocycles. The Balaban J connectivity index is 0.00000109. The van der Waals surface area contributed by atoms with Gasteiger partial charge in [0.15, 0.2) is 5.13 Å². The third-order valence-electron chi connectivity index (χ3n) is 4.00. The Labute approximate surface area is 159 Å². The summed E-state index contributed by atoms with van der Waals surface area (Å²) < 4.78 is 0. The summed E-state index contributed by atoms with van der Waals surface area (Å²) in [6.45, 7) is 11.1. The van der Waals surface area contributed by atoms with E-state index in [0.29, 0.717) is 0 Å². The van der Waals surface area contributed by atoms with Crippen LogP contribution in [0.3, 0.4) is 0 Å². The largest absolute Gasteiger partial charge is 0.345 e. The lowest BCUT2D eigenvalue weighted by Crippen LogP contribution is -2.49. The summed E-state index contributed by atoms with van der Waals surface area (Å²) in [5, 5.41) is 3.76. The van der Waals surface area contributed by atoms with Crippen LogP contribution in [0.25, 0.3) is 11.3 Å². The highest BCUT2D eigenvalue weighted by molar-refractivity contribution is 7.14. The number of amides is 1. The lowest BCUT2D eigenvalue weighted by Gasteiger charge is -2.35. The summed E-state index contributed by atoms with van der Waals surface area (Å²) in [4.78, 5) is 21.0.